The summed E-state index contributed by atoms with van der Waals surface area (Å²) >= 11 is 0. The highest BCUT2D eigenvalue weighted by Crippen LogP contribution is 2.09. The maximum Gasteiger partial charge on any atom is 0.226 e. The zero-order valence-corrected chi connectivity index (χ0v) is 6.34. The molecule has 0 aliphatic carbocycles. The van der Waals surface area contributed by atoms with E-state index >= 15 is 0 Å². The quantitative estimate of drug-likeness (QED) is 0.568. The summed E-state index contributed by atoms with van der Waals surface area (Å²) < 4.78 is 0. The molecule has 0 saturated carbocycles. The van der Waals surface area contributed by atoms with Crippen LogP contribution in [0.2, 0.25) is 0 Å². The second-order valence-corrected chi connectivity index (χ2v) is 2.48. The van der Waals surface area contributed by atoms with Crippen LogP contribution in [0.25, 0.3) is 0 Å². The minimum absolute atomic E-state index is 0.268. The van der Waals surface area contributed by atoms with Crippen molar-refractivity contribution in [1.82, 2.24) is 4.90 Å². The van der Waals surface area contributed by atoms with E-state index in [9.17, 15) is 4.79 Å². The first-order valence-electron chi connectivity index (χ1n) is 3.80. The van der Waals surface area contributed by atoms with Crippen molar-refractivity contribution in [1.29, 1.82) is 0 Å². The highest BCUT2D eigenvalue weighted by molar-refractivity contribution is 5.79. The third-order valence-corrected chi connectivity index (χ3v) is 1.63. The predicted octanol–water partition coefficient (Wildman–Crippen LogP) is 1.53. The van der Waals surface area contributed by atoms with Crippen molar-refractivity contribution in [3.05, 3.63) is 12.3 Å². The number of carbonyl (C=O) groups is 1. The Morgan fingerprint density at radius 1 is 1.70 bits per heavy atom. The van der Waals surface area contributed by atoms with Crippen molar-refractivity contribution in [2.45, 2.75) is 26.2 Å². The molecule has 2 heteroatoms. The van der Waals surface area contributed by atoms with E-state index in [1.165, 1.54) is 0 Å². The molecule has 0 unspecified atom stereocenters. The maximum atomic E-state index is 11.0. The number of rotatable bonds is 2. The summed E-state index contributed by atoms with van der Waals surface area (Å²) in [5.74, 6) is 0.268. The first-order chi connectivity index (χ1) is 4.84. The molecule has 0 aromatic carbocycles. The van der Waals surface area contributed by atoms with E-state index in [0.717, 1.165) is 25.8 Å². The molecule has 1 amide bonds. The Balaban J connectivity index is 2.40. The monoisotopic (exact) mass is 139 g/mol. The van der Waals surface area contributed by atoms with Crippen LogP contribution < -0.4 is 0 Å². The molecule has 0 N–H and O–H groups in total. The summed E-state index contributed by atoms with van der Waals surface area (Å²) in [6.07, 6.45) is 6.67. The molecule has 1 aliphatic rings. The van der Waals surface area contributed by atoms with Crippen molar-refractivity contribution in [2.75, 3.05) is 6.54 Å². The lowest BCUT2D eigenvalue weighted by Gasteiger charge is -2.07. The lowest BCUT2D eigenvalue weighted by Crippen LogP contribution is -2.16. The standard InChI is InChI=1S/C8H13NO/c1-2-3-6-9-7-4-5-8(9)10/h3,6H,2,4-5,7H2,1H3/b6-3-. The number of hydrogen-bond acceptors (Lipinski definition) is 1. The van der Waals surface area contributed by atoms with Crippen molar-refractivity contribution < 1.29 is 4.79 Å². The van der Waals surface area contributed by atoms with Crippen LogP contribution in [0.5, 0.6) is 0 Å². The van der Waals surface area contributed by atoms with E-state index in [2.05, 4.69) is 6.92 Å². The van der Waals surface area contributed by atoms with Gasteiger partial charge in [0.05, 0.1) is 0 Å². The third kappa shape index (κ3) is 1.59. The highest BCUT2D eigenvalue weighted by Gasteiger charge is 2.16. The second-order valence-electron chi connectivity index (χ2n) is 2.48. The van der Waals surface area contributed by atoms with Crippen LogP contribution in [0.3, 0.4) is 0 Å². The van der Waals surface area contributed by atoms with Crippen LogP contribution in [0, 0.1) is 0 Å². The Morgan fingerprint density at radius 3 is 3.00 bits per heavy atom. The smallest absolute Gasteiger partial charge is 0.226 e. The molecule has 0 aromatic heterocycles. The van der Waals surface area contributed by atoms with Crippen LogP contribution in [0.4, 0.5) is 0 Å². The fourth-order valence-electron chi connectivity index (χ4n) is 1.06. The van der Waals surface area contributed by atoms with Gasteiger partial charge in [-0.15, -0.1) is 0 Å². The fraction of sp³-hybridized carbons (Fsp3) is 0.625. The molecule has 0 aromatic rings. The van der Waals surface area contributed by atoms with Gasteiger partial charge < -0.3 is 4.90 Å². The molecule has 1 aliphatic heterocycles. The average Bonchev–Trinajstić information content (AvgIpc) is 2.31. The van der Waals surface area contributed by atoms with Crippen molar-refractivity contribution in [3.63, 3.8) is 0 Å². The molecule has 0 bridgehead atoms. The molecule has 0 spiro atoms. The van der Waals surface area contributed by atoms with Crippen molar-refractivity contribution in [2.24, 2.45) is 0 Å². The van der Waals surface area contributed by atoms with Gasteiger partial charge in [0, 0.05) is 19.2 Å². The van der Waals surface area contributed by atoms with Crippen LogP contribution in [0.15, 0.2) is 12.3 Å². The molecule has 1 saturated heterocycles. The third-order valence-electron chi connectivity index (χ3n) is 1.63. The Morgan fingerprint density at radius 2 is 2.50 bits per heavy atom. The summed E-state index contributed by atoms with van der Waals surface area (Å²) in [6.45, 7) is 2.98. The van der Waals surface area contributed by atoms with E-state index in [1.54, 1.807) is 4.90 Å². The number of hydrogen-bond donors (Lipinski definition) is 0. The highest BCUT2D eigenvalue weighted by atomic mass is 16.2. The first kappa shape index (κ1) is 7.32. The van der Waals surface area contributed by atoms with Crippen LogP contribution in [-0.4, -0.2) is 17.4 Å². The Hall–Kier alpha value is -0.790. The van der Waals surface area contributed by atoms with Gasteiger partial charge in [-0.1, -0.05) is 13.0 Å². The van der Waals surface area contributed by atoms with Gasteiger partial charge in [-0.2, -0.15) is 0 Å². The molecule has 0 radical (unpaired) electrons. The summed E-state index contributed by atoms with van der Waals surface area (Å²) in [7, 11) is 0. The summed E-state index contributed by atoms with van der Waals surface area (Å²) in [5, 5.41) is 0. The lowest BCUT2D eigenvalue weighted by molar-refractivity contribution is -0.125. The van der Waals surface area contributed by atoms with E-state index in [-0.39, 0.29) is 5.91 Å². The van der Waals surface area contributed by atoms with Gasteiger partial charge in [-0.25, -0.2) is 0 Å². The van der Waals surface area contributed by atoms with Crippen LogP contribution >= 0.6 is 0 Å². The van der Waals surface area contributed by atoms with Crippen LogP contribution in [0.1, 0.15) is 26.2 Å². The molecule has 1 rings (SSSR count). The first-order valence-corrected chi connectivity index (χ1v) is 3.80. The molecule has 0 atom stereocenters. The van der Waals surface area contributed by atoms with Crippen molar-refractivity contribution in [3.8, 4) is 0 Å². The Bertz CT molecular complexity index is 151. The molecule has 1 heterocycles. The van der Waals surface area contributed by atoms with Gasteiger partial charge in [0.15, 0.2) is 0 Å². The lowest BCUT2D eigenvalue weighted by atomic mass is 10.4. The largest absolute Gasteiger partial charge is 0.319 e. The molecule has 1 fully saturated rings. The Kier molecular flexibility index (Phi) is 2.49. The molecule has 2 nitrogen and oxygen atoms in total. The van der Waals surface area contributed by atoms with Gasteiger partial charge in [-0.3, -0.25) is 4.79 Å². The van der Waals surface area contributed by atoms with Gasteiger partial charge in [0.25, 0.3) is 0 Å². The van der Waals surface area contributed by atoms with E-state index in [1.807, 2.05) is 12.3 Å². The molecule has 10 heavy (non-hydrogen) atoms. The zero-order chi connectivity index (χ0) is 7.40. The summed E-state index contributed by atoms with van der Waals surface area (Å²) in [6, 6.07) is 0. The van der Waals surface area contributed by atoms with Crippen molar-refractivity contribution >= 4 is 5.91 Å². The number of likely N-dealkylation sites (tertiary alicyclic amines) is 1. The Labute approximate surface area is 61.5 Å². The van der Waals surface area contributed by atoms with E-state index in [0.29, 0.717) is 0 Å². The number of carbonyl (C=O) groups excluding carboxylic acids is 1. The predicted molar refractivity (Wildman–Crippen MR) is 40.4 cm³/mol. The molecular formula is C8H13NO. The molecular weight excluding hydrogens is 126 g/mol. The SMILES string of the molecule is CC/C=C\N1CCCC1=O. The van der Waals surface area contributed by atoms with Gasteiger partial charge in [0.2, 0.25) is 5.91 Å². The maximum absolute atomic E-state index is 11.0. The van der Waals surface area contributed by atoms with E-state index < -0.39 is 0 Å². The van der Waals surface area contributed by atoms with Gasteiger partial charge in [-0.05, 0) is 12.8 Å². The fourth-order valence-corrected chi connectivity index (χ4v) is 1.06. The van der Waals surface area contributed by atoms with Gasteiger partial charge in [0.1, 0.15) is 0 Å². The summed E-state index contributed by atoms with van der Waals surface area (Å²) in [5.41, 5.74) is 0. The minimum Gasteiger partial charge on any atom is -0.319 e. The van der Waals surface area contributed by atoms with E-state index in [4.69, 9.17) is 0 Å². The number of allylic oxidation sites excluding steroid dienone is 1. The topological polar surface area (TPSA) is 20.3 Å². The number of nitrogens with zero attached hydrogens (tertiary/aromatic N) is 1. The van der Waals surface area contributed by atoms with Crippen LogP contribution in [-0.2, 0) is 4.79 Å². The normalized spacial score (nSPS) is 19.3. The number of amides is 1. The van der Waals surface area contributed by atoms with Gasteiger partial charge >= 0.3 is 0 Å². The second kappa shape index (κ2) is 3.40. The summed E-state index contributed by atoms with van der Waals surface area (Å²) in [4.78, 5) is 12.7. The molecule has 56 valence electrons. The minimum atomic E-state index is 0.268. The zero-order valence-electron chi connectivity index (χ0n) is 6.34. The average molecular weight is 139 g/mol.